The summed E-state index contributed by atoms with van der Waals surface area (Å²) in [7, 11) is 1.36. The van der Waals surface area contributed by atoms with Gasteiger partial charge in [0.2, 0.25) is 5.91 Å². The Bertz CT molecular complexity index is 1080. The number of rotatable bonds is 4. The van der Waals surface area contributed by atoms with Crippen molar-refractivity contribution in [2.75, 3.05) is 23.9 Å². The third kappa shape index (κ3) is 4.00. The fourth-order valence-electron chi connectivity index (χ4n) is 3.51. The molecular formula is C22H21N3O3S. The molecule has 2 aromatic carbocycles. The van der Waals surface area contributed by atoms with E-state index in [-0.39, 0.29) is 11.9 Å². The van der Waals surface area contributed by atoms with Gasteiger partial charge < -0.3 is 15.0 Å². The van der Waals surface area contributed by atoms with Crippen molar-refractivity contribution in [1.29, 1.82) is 0 Å². The lowest BCUT2D eigenvalue weighted by Crippen LogP contribution is -2.33. The molecule has 1 aromatic heterocycles. The van der Waals surface area contributed by atoms with Crippen LogP contribution in [0.25, 0.3) is 11.3 Å². The second-order valence-corrected chi connectivity index (χ2v) is 7.71. The van der Waals surface area contributed by atoms with Crippen LogP contribution in [0.2, 0.25) is 0 Å². The highest BCUT2D eigenvalue weighted by molar-refractivity contribution is 7.14. The van der Waals surface area contributed by atoms with Crippen LogP contribution < -0.4 is 10.2 Å². The topological polar surface area (TPSA) is 71.5 Å². The van der Waals surface area contributed by atoms with Crippen molar-refractivity contribution in [1.82, 2.24) is 4.98 Å². The lowest BCUT2D eigenvalue weighted by Gasteiger charge is -2.28. The highest BCUT2D eigenvalue weighted by Crippen LogP contribution is 2.33. The first-order valence-corrected chi connectivity index (χ1v) is 10.3. The van der Waals surface area contributed by atoms with E-state index in [1.54, 1.807) is 25.1 Å². The maximum absolute atomic E-state index is 11.9. The smallest absolute Gasteiger partial charge is 0.337 e. The van der Waals surface area contributed by atoms with Gasteiger partial charge in [-0.1, -0.05) is 12.1 Å². The average Bonchev–Trinajstić information content (AvgIpc) is 3.20. The van der Waals surface area contributed by atoms with Gasteiger partial charge in [0.05, 0.1) is 18.4 Å². The number of thiazole rings is 1. The summed E-state index contributed by atoms with van der Waals surface area (Å²) in [5.74, 6) is -0.296. The van der Waals surface area contributed by atoms with E-state index in [0.717, 1.165) is 47.2 Å². The Hall–Kier alpha value is -3.19. The van der Waals surface area contributed by atoms with E-state index in [1.807, 2.05) is 28.5 Å². The number of carbonyl (C=O) groups excluding carboxylic acids is 2. The number of hydrogen-bond donors (Lipinski definition) is 1. The van der Waals surface area contributed by atoms with E-state index in [1.165, 1.54) is 24.0 Å². The zero-order valence-electron chi connectivity index (χ0n) is 16.3. The standard InChI is InChI=1S/C22H21N3O3S/c1-14(26)25-10-4-6-16-11-15(8-9-20(16)25)19-13-29-22(24-19)23-18-7-3-5-17(12-18)21(27)28-2/h3,5,7-9,11-13H,4,6,10H2,1-2H3,(H,23,24). The van der Waals surface area contributed by atoms with Crippen LogP contribution in [0.15, 0.2) is 47.8 Å². The molecule has 148 valence electrons. The molecule has 6 nitrogen and oxygen atoms in total. The number of fused-ring (bicyclic) bond motifs is 1. The Balaban J connectivity index is 1.55. The second kappa shape index (κ2) is 8.05. The molecule has 7 heteroatoms. The molecule has 1 N–H and O–H groups in total. The molecule has 2 heterocycles. The summed E-state index contributed by atoms with van der Waals surface area (Å²) in [6.45, 7) is 2.38. The third-order valence-electron chi connectivity index (χ3n) is 4.91. The Kier molecular flexibility index (Phi) is 5.31. The molecule has 0 saturated carbocycles. The van der Waals surface area contributed by atoms with E-state index >= 15 is 0 Å². The van der Waals surface area contributed by atoms with Gasteiger partial charge in [0, 0.05) is 35.8 Å². The summed E-state index contributed by atoms with van der Waals surface area (Å²) in [5, 5.41) is 5.99. The first-order chi connectivity index (χ1) is 14.0. The molecule has 0 bridgehead atoms. The zero-order valence-corrected chi connectivity index (χ0v) is 17.1. The number of methoxy groups -OCH3 is 1. The molecule has 3 aromatic rings. The summed E-state index contributed by atoms with van der Waals surface area (Å²) in [4.78, 5) is 30.1. The van der Waals surface area contributed by atoms with Gasteiger partial charge in [-0.2, -0.15) is 0 Å². The van der Waals surface area contributed by atoms with E-state index in [0.29, 0.717) is 5.56 Å². The summed E-state index contributed by atoms with van der Waals surface area (Å²) in [5.41, 5.74) is 5.35. The Morgan fingerprint density at radius 2 is 2.07 bits per heavy atom. The van der Waals surface area contributed by atoms with Crippen LogP contribution in [-0.4, -0.2) is 30.5 Å². The number of anilines is 3. The highest BCUT2D eigenvalue weighted by atomic mass is 32.1. The van der Waals surface area contributed by atoms with E-state index < -0.39 is 0 Å². The summed E-state index contributed by atoms with van der Waals surface area (Å²) in [6, 6.07) is 13.3. The van der Waals surface area contributed by atoms with Crippen LogP contribution >= 0.6 is 11.3 Å². The van der Waals surface area contributed by atoms with Crippen molar-refractivity contribution in [3.05, 3.63) is 59.0 Å². The predicted octanol–water partition coefficient (Wildman–Crippen LogP) is 4.64. The molecule has 0 fully saturated rings. The van der Waals surface area contributed by atoms with Crippen molar-refractivity contribution < 1.29 is 14.3 Å². The number of benzene rings is 2. The minimum Gasteiger partial charge on any atom is -0.465 e. The Morgan fingerprint density at radius 3 is 2.86 bits per heavy atom. The van der Waals surface area contributed by atoms with Gasteiger partial charge in [-0.3, -0.25) is 4.79 Å². The van der Waals surface area contributed by atoms with Gasteiger partial charge in [0.15, 0.2) is 5.13 Å². The number of hydrogen-bond acceptors (Lipinski definition) is 6. The van der Waals surface area contributed by atoms with E-state index in [2.05, 4.69) is 16.4 Å². The number of nitrogens with one attached hydrogen (secondary N) is 1. The van der Waals surface area contributed by atoms with Gasteiger partial charge in [-0.15, -0.1) is 11.3 Å². The fourth-order valence-corrected chi connectivity index (χ4v) is 4.25. The van der Waals surface area contributed by atoms with Crippen molar-refractivity contribution in [2.24, 2.45) is 0 Å². The van der Waals surface area contributed by atoms with E-state index in [4.69, 9.17) is 4.74 Å². The first kappa shape index (κ1) is 19.1. The molecule has 0 unspecified atom stereocenters. The number of ether oxygens (including phenoxy) is 1. The largest absolute Gasteiger partial charge is 0.465 e. The van der Waals surface area contributed by atoms with Crippen molar-refractivity contribution in [2.45, 2.75) is 19.8 Å². The van der Waals surface area contributed by atoms with Gasteiger partial charge in [0.25, 0.3) is 0 Å². The van der Waals surface area contributed by atoms with Gasteiger partial charge in [0.1, 0.15) is 0 Å². The lowest BCUT2D eigenvalue weighted by atomic mass is 9.98. The Labute approximate surface area is 173 Å². The molecule has 1 amide bonds. The fraction of sp³-hybridized carbons (Fsp3) is 0.227. The maximum Gasteiger partial charge on any atom is 0.337 e. The summed E-state index contributed by atoms with van der Waals surface area (Å²) >= 11 is 1.50. The number of aryl methyl sites for hydroxylation is 1. The van der Waals surface area contributed by atoms with Gasteiger partial charge in [-0.25, -0.2) is 9.78 Å². The molecule has 29 heavy (non-hydrogen) atoms. The molecule has 4 rings (SSSR count). The molecule has 1 aliphatic rings. The SMILES string of the molecule is COC(=O)c1cccc(Nc2nc(-c3ccc4c(c3)CCCN4C(C)=O)cs2)c1. The zero-order chi connectivity index (χ0) is 20.4. The van der Waals surface area contributed by atoms with Gasteiger partial charge in [-0.05, 0) is 48.7 Å². The number of carbonyl (C=O) groups is 2. The number of nitrogens with zero attached hydrogens (tertiary/aromatic N) is 2. The van der Waals surface area contributed by atoms with Crippen LogP contribution in [0.5, 0.6) is 0 Å². The minimum absolute atomic E-state index is 0.0769. The van der Waals surface area contributed by atoms with Crippen LogP contribution in [0.4, 0.5) is 16.5 Å². The summed E-state index contributed by atoms with van der Waals surface area (Å²) in [6.07, 6.45) is 1.93. The van der Waals surface area contributed by atoms with Crippen LogP contribution in [0.3, 0.4) is 0 Å². The highest BCUT2D eigenvalue weighted by Gasteiger charge is 2.20. The maximum atomic E-state index is 11.9. The second-order valence-electron chi connectivity index (χ2n) is 6.85. The first-order valence-electron chi connectivity index (χ1n) is 9.37. The average molecular weight is 407 g/mol. The lowest BCUT2D eigenvalue weighted by molar-refractivity contribution is -0.116. The number of esters is 1. The van der Waals surface area contributed by atoms with Crippen molar-refractivity contribution >= 4 is 39.7 Å². The van der Waals surface area contributed by atoms with E-state index in [9.17, 15) is 9.59 Å². The van der Waals surface area contributed by atoms with Gasteiger partial charge >= 0.3 is 5.97 Å². The van der Waals surface area contributed by atoms with Crippen molar-refractivity contribution in [3.63, 3.8) is 0 Å². The van der Waals surface area contributed by atoms with Crippen LogP contribution in [0.1, 0.15) is 29.3 Å². The quantitative estimate of drug-likeness (QED) is 0.638. The van der Waals surface area contributed by atoms with Crippen LogP contribution in [-0.2, 0) is 16.0 Å². The number of amides is 1. The molecule has 0 atom stereocenters. The Morgan fingerprint density at radius 1 is 1.21 bits per heavy atom. The predicted molar refractivity (Wildman–Crippen MR) is 115 cm³/mol. The molecule has 0 spiro atoms. The third-order valence-corrected chi connectivity index (χ3v) is 5.67. The summed E-state index contributed by atoms with van der Waals surface area (Å²) < 4.78 is 4.77. The molecule has 0 radical (unpaired) electrons. The molecule has 1 aliphatic heterocycles. The minimum atomic E-state index is -0.373. The van der Waals surface area contributed by atoms with Crippen molar-refractivity contribution in [3.8, 4) is 11.3 Å². The monoisotopic (exact) mass is 407 g/mol. The normalized spacial score (nSPS) is 13.0. The molecular weight excluding hydrogens is 386 g/mol. The number of aromatic nitrogens is 1. The molecule has 0 aliphatic carbocycles. The van der Waals surface area contributed by atoms with Crippen LogP contribution in [0, 0.1) is 0 Å². The molecule has 0 saturated heterocycles.